The van der Waals surface area contributed by atoms with Gasteiger partial charge in [-0.05, 0) is 24.6 Å². The second kappa shape index (κ2) is 5.85. The maximum absolute atomic E-state index is 9.86. The van der Waals surface area contributed by atoms with Gasteiger partial charge >= 0.3 is 0 Å². The first-order valence-electron chi connectivity index (χ1n) is 4.81. The summed E-state index contributed by atoms with van der Waals surface area (Å²) < 4.78 is 0. The van der Waals surface area contributed by atoms with Gasteiger partial charge < -0.3 is 15.9 Å². The number of nitrogens with zero attached hydrogens (tertiary/aromatic N) is 1. The predicted molar refractivity (Wildman–Crippen MR) is 64.9 cm³/mol. The number of rotatable bonds is 4. The SMILES string of the molecule is N#Cc1ccc(N)c(C(O)C(O)CCBr)c1. The molecule has 0 radical (unpaired) electrons. The van der Waals surface area contributed by atoms with E-state index in [1.54, 1.807) is 12.1 Å². The van der Waals surface area contributed by atoms with Gasteiger partial charge in [0.25, 0.3) is 0 Å². The van der Waals surface area contributed by atoms with Crippen LogP contribution < -0.4 is 5.73 Å². The Morgan fingerprint density at radius 2 is 2.12 bits per heavy atom. The van der Waals surface area contributed by atoms with Crippen molar-refractivity contribution in [3.63, 3.8) is 0 Å². The lowest BCUT2D eigenvalue weighted by Crippen LogP contribution is -2.19. The van der Waals surface area contributed by atoms with E-state index in [2.05, 4.69) is 15.9 Å². The van der Waals surface area contributed by atoms with Crippen molar-refractivity contribution in [3.05, 3.63) is 29.3 Å². The van der Waals surface area contributed by atoms with Crippen LogP contribution in [0.25, 0.3) is 0 Å². The number of hydrogen-bond acceptors (Lipinski definition) is 4. The van der Waals surface area contributed by atoms with Crippen LogP contribution in [0.4, 0.5) is 5.69 Å². The fourth-order valence-electron chi connectivity index (χ4n) is 1.38. The third kappa shape index (κ3) is 2.95. The number of nitrogens with two attached hydrogens (primary N) is 1. The Kier molecular flexibility index (Phi) is 4.74. The quantitative estimate of drug-likeness (QED) is 0.575. The van der Waals surface area contributed by atoms with Crippen molar-refractivity contribution in [1.82, 2.24) is 0 Å². The second-order valence-electron chi connectivity index (χ2n) is 3.45. The molecule has 1 aromatic rings. The molecule has 4 N–H and O–H groups in total. The summed E-state index contributed by atoms with van der Waals surface area (Å²) in [6, 6.07) is 6.59. The smallest absolute Gasteiger partial charge is 0.107 e. The molecule has 0 saturated heterocycles. The molecule has 1 aromatic carbocycles. The molecule has 0 heterocycles. The lowest BCUT2D eigenvalue weighted by molar-refractivity contribution is 0.0178. The van der Waals surface area contributed by atoms with E-state index in [1.807, 2.05) is 6.07 Å². The molecule has 2 unspecified atom stereocenters. The summed E-state index contributed by atoms with van der Waals surface area (Å²) in [7, 11) is 0. The summed E-state index contributed by atoms with van der Waals surface area (Å²) >= 11 is 3.18. The molecule has 0 aromatic heterocycles. The first-order valence-corrected chi connectivity index (χ1v) is 5.94. The molecule has 16 heavy (non-hydrogen) atoms. The predicted octanol–water partition coefficient (Wildman–Crippen LogP) is 1.32. The Morgan fingerprint density at radius 1 is 1.44 bits per heavy atom. The minimum atomic E-state index is -1.06. The number of nitriles is 1. The lowest BCUT2D eigenvalue weighted by atomic mass is 9.99. The van der Waals surface area contributed by atoms with Crippen molar-refractivity contribution in [3.8, 4) is 6.07 Å². The van der Waals surface area contributed by atoms with Crippen LogP contribution in [-0.2, 0) is 0 Å². The zero-order chi connectivity index (χ0) is 12.1. The highest BCUT2D eigenvalue weighted by Crippen LogP contribution is 2.25. The Labute approximate surface area is 102 Å². The summed E-state index contributed by atoms with van der Waals surface area (Å²) in [4.78, 5) is 0. The van der Waals surface area contributed by atoms with Gasteiger partial charge in [-0.25, -0.2) is 0 Å². The van der Waals surface area contributed by atoms with Gasteiger partial charge in [-0.3, -0.25) is 0 Å². The Balaban J connectivity index is 2.98. The topological polar surface area (TPSA) is 90.3 Å². The molecule has 0 aliphatic rings. The van der Waals surface area contributed by atoms with Crippen molar-refractivity contribution in [2.24, 2.45) is 0 Å². The van der Waals surface area contributed by atoms with E-state index in [0.717, 1.165) is 0 Å². The van der Waals surface area contributed by atoms with E-state index in [-0.39, 0.29) is 0 Å². The highest BCUT2D eigenvalue weighted by molar-refractivity contribution is 9.09. The van der Waals surface area contributed by atoms with Crippen LogP contribution in [0.3, 0.4) is 0 Å². The van der Waals surface area contributed by atoms with Crippen LogP contribution >= 0.6 is 15.9 Å². The highest BCUT2D eigenvalue weighted by Gasteiger charge is 2.20. The number of nitrogen functional groups attached to an aromatic ring is 1. The average molecular weight is 285 g/mol. The normalized spacial score (nSPS) is 14.1. The zero-order valence-electron chi connectivity index (χ0n) is 8.60. The Bertz CT molecular complexity index is 403. The van der Waals surface area contributed by atoms with Crippen molar-refractivity contribution >= 4 is 21.6 Å². The summed E-state index contributed by atoms with van der Waals surface area (Å²) in [6.07, 6.45) is -1.54. The molecule has 0 spiro atoms. The standard InChI is InChI=1S/C11H13BrN2O2/c12-4-3-10(15)11(16)8-5-7(6-13)1-2-9(8)14/h1-2,5,10-11,15-16H,3-4,14H2. The van der Waals surface area contributed by atoms with Crippen LogP contribution in [0, 0.1) is 11.3 Å². The van der Waals surface area contributed by atoms with E-state index >= 15 is 0 Å². The summed E-state index contributed by atoms with van der Waals surface area (Å²) in [5.41, 5.74) is 6.87. The number of halogens is 1. The fourth-order valence-corrected chi connectivity index (χ4v) is 1.85. The van der Waals surface area contributed by atoms with Crippen molar-refractivity contribution < 1.29 is 10.2 Å². The third-order valence-electron chi connectivity index (χ3n) is 2.30. The molecule has 0 bridgehead atoms. The largest absolute Gasteiger partial charge is 0.398 e. The van der Waals surface area contributed by atoms with Gasteiger partial charge in [0.1, 0.15) is 6.10 Å². The van der Waals surface area contributed by atoms with Gasteiger partial charge in [0, 0.05) is 16.6 Å². The first kappa shape index (κ1) is 13.0. The number of aliphatic hydroxyl groups excluding tert-OH is 2. The molecule has 86 valence electrons. The number of aliphatic hydroxyl groups is 2. The van der Waals surface area contributed by atoms with Crippen molar-refractivity contribution in [1.29, 1.82) is 5.26 Å². The summed E-state index contributed by atoms with van der Waals surface area (Å²) in [5, 5.41) is 28.8. The van der Waals surface area contributed by atoms with E-state index < -0.39 is 12.2 Å². The van der Waals surface area contributed by atoms with E-state index in [9.17, 15) is 10.2 Å². The number of anilines is 1. The summed E-state index contributed by atoms with van der Waals surface area (Å²) in [6.45, 7) is 0. The maximum atomic E-state index is 9.86. The van der Waals surface area contributed by atoms with E-state index in [1.165, 1.54) is 6.07 Å². The molecule has 2 atom stereocenters. The Hall–Kier alpha value is -1.09. The average Bonchev–Trinajstić information content (AvgIpc) is 2.29. The van der Waals surface area contributed by atoms with Crippen LogP contribution in [0.5, 0.6) is 0 Å². The highest BCUT2D eigenvalue weighted by atomic mass is 79.9. The molecular weight excluding hydrogens is 272 g/mol. The minimum Gasteiger partial charge on any atom is -0.398 e. The van der Waals surface area contributed by atoms with Gasteiger partial charge in [-0.1, -0.05) is 15.9 Å². The minimum absolute atomic E-state index is 0.375. The van der Waals surface area contributed by atoms with Gasteiger partial charge in [0.2, 0.25) is 0 Å². The maximum Gasteiger partial charge on any atom is 0.107 e. The second-order valence-corrected chi connectivity index (χ2v) is 4.24. The molecule has 0 amide bonds. The molecule has 5 heteroatoms. The van der Waals surface area contributed by atoms with E-state index in [0.29, 0.717) is 28.6 Å². The number of alkyl halides is 1. The van der Waals surface area contributed by atoms with Crippen LogP contribution in [0.15, 0.2) is 18.2 Å². The number of benzene rings is 1. The van der Waals surface area contributed by atoms with Crippen LogP contribution in [0.1, 0.15) is 23.7 Å². The number of hydrogen-bond donors (Lipinski definition) is 3. The van der Waals surface area contributed by atoms with E-state index in [4.69, 9.17) is 11.0 Å². The Morgan fingerprint density at radius 3 is 2.69 bits per heavy atom. The third-order valence-corrected chi connectivity index (χ3v) is 2.76. The van der Waals surface area contributed by atoms with Crippen molar-refractivity contribution in [2.45, 2.75) is 18.6 Å². The van der Waals surface area contributed by atoms with Crippen LogP contribution in [0.2, 0.25) is 0 Å². The van der Waals surface area contributed by atoms with Gasteiger partial charge in [-0.2, -0.15) is 5.26 Å². The first-order chi connectivity index (χ1) is 7.60. The molecule has 0 aliphatic heterocycles. The monoisotopic (exact) mass is 284 g/mol. The van der Waals surface area contributed by atoms with Crippen LogP contribution in [-0.4, -0.2) is 21.6 Å². The molecular formula is C11H13BrN2O2. The van der Waals surface area contributed by atoms with Gasteiger partial charge in [0.15, 0.2) is 0 Å². The summed E-state index contributed by atoms with van der Waals surface area (Å²) in [5.74, 6) is 0. The molecule has 1 rings (SSSR count). The van der Waals surface area contributed by atoms with Gasteiger partial charge in [0.05, 0.1) is 17.7 Å². The van der Waals surface area contributed by atoms with Crippen molar-refractivity contribution in [2.75, 3.05) is 11.1 Å². The fraction of sp³-hybridized carbons (Fsp3) is 0.364. The zero-order valence-corrected chi connectivity index (χ0v) is 10.2. The lowest BCUT2D eigenvalue weighted by Gasteiger charge is -2.18. The van der Waals surface area contributed by atoms with Gasteiger partial charge in [-0.15, -0.1) is 0 Å². The molecule has 0 saturated carbocycles. The molecule has 0 fully saturated rings. The molecule has 0 aliphatic carbocycles. The molecule has 4 nitrogen and oxygen atoms in total.